The second-order valence-electron chi connectivity index (χ2n) is 3.15. The summed E-state index contributed by atoms with van der Waals surface area (Å²) in [6.07, 6.45) is 5.07. The Balaban J connectivity index is 2.65. The van der Waals surface area contributed by atoms with Crippen molar-refractivity contribution < 1.29 is 5.11 Å². The van der Waals surface area contributed by atoms with Gasteiger partial charge in [0.15, 0.2) is 5.60 Å². The van der Waals surface area contributed by atoms with Gasteiger partial charge in [-0.1, -0.05) is 6.08 Å². The van der Waals surface area contributed by atoms with E-state index < -0.39 is 5.60 Å². The van der Waals surface area contributed by atoms with Crippen molar-refractivity contribution in [2.75, 3.05) is 0 Å². The molecule has 2 nitrogen and oxygen atoms in total. The summed E-state index contributed by atoms with van der Waals surface area (Å²) in [6.45, 7) is 3.60. The first-order chi connectivity index (χ1) is 5.23. The van der Waals surface area contributed by atoms with E-state index in [1.54, 1.807) is 6.08 Å². The third-order valence-electron chi connectivity index (χ3n) is 2.43. The Morgan fingerprint density at radius 1 is 1.82 bits per heavy atom. The van der Waals surface area contributed by atoms with E-state index in [9.17, 15) is 5.11 Å². The highest BCUT2D eigenvalue weighted by molar-refractivity contribution is 5.09. The molecule has 0 saturated heterocycles. The lowest BCUT2D eigenvalue weighted by molar-refractivity contribution is 0.0600. The van der Waals surface area contributed by atoms with Crippen molar-refractivity contribution in [2.45, 2.75) is 31.3 Å². The van der Waals surface area contributed by atoms with Crippen molar-refractivity contribution >= 4 is 0 Å². The second kappa shape index (κ2) is 3.06. The van der Waals surface area contributed by atoms with Gasteiger partial charge in [0, 0.05) is 5.92 Å². The molecule has 1 rings (SSSR count). The lowest BCUT2D eigenvalue weighted by Gasteiger charge is -2.20. The lowest BCUT2D eigenvalue weighted by Crippen LogP contribution is -2.30. The largest absolute Gasteiger partial charge is 0.375 e. The Bertz CT molecular complexity index is 194. The van der Waals surface area contributed by atoms with Gasteiger partial charge in [0.1, 0.15) is 0 Å². The second-order valence-corrected chi connectivity index (χ2v) is 3.15. The van der Waals surface area contributed by atoms with Crippen molar-refractivity contribution in [3.05, 3.63) is 12.7 Å². The lowest BCUT2D eigenvalue weighted by atomic mass is 9.90. The molecule has 1 saturated carbocycles. The average molecular weight is 151 g/mol. The maximum absolute atomic E-state index is 9.68. The van der Waals surface area contributed by atoms with Crippen LogP contribution in [0.25, 0.3) is 0 Å². The van der Waals surface area contributed by atoms with E-state index in [2.05, 4.69) is 6.58 Å². The van der Waals surface area contributed by atoms with Gasteiger partial charge in [0.25, 0.3) is 0 Å². The molecular formula is C9H13NO. The number of nitriles is 1. The van der Waals surface area contributed by atoms with Crippen molar-refractivity contribution in [2.24, 2.45) is 5.92 Å². The van der Waals surface area contributed by atoms with Crippen LogP contribution in [0.4, 0.5) is 0 Å². The maximum Gasteiger partial charge on any atom is 0.154 e. The normalized spacial score (nSPS) is 36.5. The van der Waals surface area contributed by atoms with Crippen LogP contribution in [0.15, 0.2) is 12.7 Å². The molecule has 60 valence electrons. The van der Waals surface area contributed by atoms with Crippen LogP contribution in [-0.2, 0) is 0 Å². The van der Waals surface area contributed by atoms with E-state index in [4.69, 9.17) is 5.26 Å². The van der Waals surface area contributed by atoms with Gasteiger partial charge in [-0.3, -0.25) is 0 Å². The molecule has 11 heavy (non-hydrogen) atoms. The number of aliphatic hydroxyl groups is 1. The summed E-state index contributed by atoms with van der Waals surface area (Å²) in [5, 5.41) is 18.4. The van der Waals surface area contributed by atoms with Crippen LogP contribution in [0.1, 0.15) is 25.7 Å². The topological polar surface area (TPSA) is 44.0 Å². The van der Waals surface area contributed by atoms with Crippen LogP contribution < -0.4 is 0 Å². The number of hydrogen-bond acceptors (Lipinski definition) is 2. The number of rotatable bonds is 2. The first-order valence-corrected chi connectivity index (χ1v) is 3.97. The molecule has 2 heteroatoms. The van der Waals surface area contributed by atoms with E-state index in [1.165, 1.54) is 0 Å². The van der Waals surface area contributed by atoms with Crippen LogP contribution in [0.5, 0.6) is 0 Å². The maximum atomic E-state index is 9.68. The van der Waals surface area contributed by atoms with Crippen LogP contribution in [-0.4, -0.2) is 10.7 Å². The third-order valence-corrected chi connectivity index (χ3v) is 2.43. The zero-order chi connectivity index (χ0) is 8.32. The molecule has 0 aliphatic heterocycles. The zero-order valence-corrected chi connectivity index (χ0v) is 6.58. The van der Waals surface area contributed by atoms with Gasteiger partial charge in [-0.05, 0) is 25.7 Å². The summed E-state index contributed by atoms with van der Waals surface area (Å²) in [5.41, 5.74) is -1.06. The van der Waals surface area contributed by atoms with Crippen LogP contribution >= 0.6 is 0 Å². The predicted octanol–water partition coefficient (Wildman–Crippen LogP) is 1.62. The van der Waals surface area contributed by atoms with Crippen LogP contribution in [0.2, 0.25) is 0 Å². The molecule has 1 aliphatic carbocycles. The fraction of sp³-hybridized carbons (Fsp3) is 0.667. The van der Waals surface area contributed by atoms with E-state index in [0.717, 1.165) is 19.3 Å². The smallest absolute Gasteiger partial charge is 0.154 e. The van der Waals surface area contributed by atoms with E-state index in [-0.39, 0.29) is 5.92 Å². The van der Waals surface area contributed by atoms with E-state index in [0.29, 0.717) is 6.42 Å². The van der Waals surface area contributed by atoms with Gasteiger partial charge in [-0.25, -0.2) is 0 Å². The highest BCUT2D eigenvalue weighted by Crippen LogP contribution is 2.37. The zero-order valence-electron chi connectivity index (χ0n) is 6.58. The SMILES string of the molecule is C=CC[C@@H]1CCC[C@@]1(O)C#N. The Morgan fingerprint density at radius 2 is 2.55 bits per heavy atom. The average Bonchev–Trinajstić information content (AvgIpc) is 2.35. The molecule has 0 aromatic heterocycles. The Morgan fingerprint density at radius 3 is 3.09 bits per heavy atom. The van der Waals surface area contributed by atoms with E-state index in [1.807, 2.05) is 6.07 Å². The first kappa shape index (κ1) is 8.29. The fourth-order valence-corrected chi connectivity index (χ4v) is 1.72. The third kappa shape index (κ3) is 1.44. The van der Waals surface area contributed by atoms with E-state index >= 15 is 0 Å². The molecule has 1 aliphatic rings. The van der Waals surface area contributed by atoms with Gasteiger partial charge in [0.05, 0.1) is 6.07 Å². The fourth-order valence-electron chi connectivity index (χ4n) is 1.72. The summed E-state index contributed by atoms with van der Waals surface area (Å²) in [4.78, 5) is 0. The van der Waals surface area contributed by atoms with Crippen molar-refractivity contribution in [1.29, 1.82) is 5.26 Å². The van der Waals surface area contributed by atoms with Crippen molar-refractivity contribution in [3.8, 4) is 6.07 Å². The molecule has 0 aromatic rings. The minimum atomic E-state index is -1.06. The monoisotopic (exact) mass is 151 g/mol. The predicted molar refractivity (Wildman–Crippen MR) is 42.7 cm³/mol. The van der Waals surface area contributed by atoms with Crippen molar-refractivity contribution in [3.63, 3.8) is 0 Å². The first-order valence-electron chi connectivity index (χ1n) is 3.97. The minimum absolute atomic E-state index is 0.116. The van der Waals surface area contributed by atoms with Gasteiger partial charge >= 0.3 is 0 Å². The summed E-state index contributed by atoms with van der Waals surface area (Å²) >= 11 is 0. The molecule has 0 heterocycles. The molecule has 0 spiro atoms. The minimum Gasteiger partial charge on any atom is -0.375 e. The molecule has 1 N–H and O–H groups in total. The Labute approximate surface area is 67.2 Å². The van der Waals surface area contributed by atoms with Crippen LogP contribution in [0.3, 0.4) is 0 Å². The quantitative estimate of drug-likeness (QED) is 0.481. The molecule has 0 bridgehead atoms. The molecule has 0 radical (unpaired) electrons. The molecule has 0 amide bonds. The highest BCUT2D eigenvalue weighted by Gasteiger charge is 2.40. The molecular weight excluding hydrogens is 138 g/mol. The van der Waals surface area contributed by atoms with Crippen LogP contribution in [0, 0.1) is 17.2 Å². The Kier molecular flexibility index (Phi) is 2.31. The summed E-state index contributed by atoms with van der Waals surface area (Å²) in [6, 6.07) is 1.98. The number of allylic oxidation sites excluding steroid dienone is 1. The summed E-state index contributed by atoms with van der Waals surface area (Å²) in [5.74, 6) is 0.116. The molecule has 2 atom stereocenters. The number of nitrogens with zero attached hydrogens (tertiary/aromatic N) is 1. The Hall–Kier alpha value is -0.810. The molecule has 0 aromatic carbocycles. The number of hydrogen-bond donors (Lipinski definition) is 1. The van der Waals surface area contributed by atoms with Gasteiger partial charge < -0.3 is 5.11 Å². The van der Waals surface area contributed by atoms with Gasteiger partial charge in [-0.2, -0.15) is 5.26 Å². The van der Waals surface area contributed by atoms with Crippen molar-refractivity contribution in [1.82, 2.24) is 0 Å². The highest BCUT2D eigenvalue weighted by atomic mass is 16.3. The van der Waals surface area contributed by atoms with Gasteiger partial charge in [-0.15, -0.1) is 6.58 Å². The standard InChI is InChI=1S/C9H13NO/c1-2-4-8-5-3-6-9(8,11)7-10/h2,8,11H,1,3-6H2/t8-,9-/m1/s1. The molecule has 1 fully saturated rings. The summed E-state index contributed by atoms with van der Waals surface area (Å²) in [7, 11) is 0. The molecule has 0 unspecified atom stereocenters. The summed E-state index contributed by atoms with van der Waals surface area (Å²) < 4.78 is 0. The van der Waals surface area contributed by atoms with Gasteiger partial charge in [0.2, 0.25) is 0 Å².